The van der Waals surface area contributed by atoms with Crippen molar-refractivity contribution < 1.29 is 9.18 Å². The molecular formula is C14H18ClFN2O. The molecule has 1 aromatic rings. The van der Waals surface area contributed by atoms with E-state index >= 15 is 0 Å². The quantitative estimate of drug-likeness (QED) is 0.780. The molecule has 2 rings (SSSR count). The lowest BCUT2D eigenvalue weighted by molar-refractivity contribution is 0.247. The van der Waals surface area contributed by atoms with Crippen LogP contribution in [0, 0.1) is 5.82 Å². The minimum atomic E-state index is -0.417. The molecule has 0 heterocycles. The summed E-state index contributed by atoms with van der Waals surface area (Å²) in [5.74, 6) is -0.417. The zero-order chi connectivity index (χ0) is 13.7. The molecule has 0 saturated heterocycles. The molecule has 0 unspecified atom stereocenters. The van der Waals surface area contributed by atoms with Crippen molar-refractivity contribution in [3.63, 3.8) is 0 Å². The molecule has 1 aliphatic rings. The van der Waals surface area contributed by atoms with Crippen molar-refractivity contribution in [3.05, 3.63) is 29.0 Å². The van der Waals surface area contributed by atoms with Crippen LogP contribution in [0.25, 0.3) is 0 Å². The molecule has 104 valence electrons. The number of urea groups is 1. The molecular weight excluding hydrogens is 267 g/mol. The summed E-state index contributed by atoms with van der Waals surface area (Å²) in [6, 6.07) is 3.86. The van der Waals surface area contributed by atoms with E-state index in [9.17, 15) is 9.18 Å². The Labute approximate surface area is 117 Å². The second-order valence-corrected chi connectivity index (χ2v) is 5.32. The molecule has 1 aliphatic carbocycles. The van der Waals surface area contributed by atoms with Crippen molar-refractivity contribution in [3.8, 4) is 0 Å². The Bertz CT molecular complexity index is 445. The number of anilines is 1. The van der Waals surface area contributed by atoms with Gasteiger partial charge in [0.1, 0.15) is 5.82 Å². The highest BCUT2D eigenvalue weighted by Crippen LogP contribution is 2.22. The third kappa shape index (κ3) is 4.39. The molecule has 5 heteroatoms. The summed E-state index contributed by atoms with van der Waals surface area (Å²) < 4.78 is 12.9. The number of hydrogen-bond acceptors (Lipinski definition) is 1. The van der Waals surface area contributed by atoms with Gasteiger partial charge >= 0.3 is 6.03 Å². The van der Waals surface area contributed by atoms with Crippen LogP contribution in [0.3, 0.4) is 0 Å². The van der Waals surface area contributed by atoms with E-state index in [2.05, 4.69) is 10.6 Å². The largest absolute Gasteiger partial charge is 0.335 e. The van der Waals surface area contributed by atoms with Gasteiger partial charge in [0.05, 0.1) is 10.7 Å². The van der Waals surface area contributed by atoms with Crippen LogP contribution in [0.1, 0.15) is 38.5 Å². The van der Waals surface area contributed by atoms with Gasteiger partial charge in [-0.3, -0.25) is 0 Å². The van der Waals surface area contributed by atoms with E-state index in [1.54, 1.807) is 0 Å². The molecule has 0 spiro atoms. The lowest BCUT2D eigenvalue weighted by Gasteiger charge is -2.17. The van der Waals surface area contributed by atoms with Crippen molar-refractivity contribution in [2.45, 2.75) is 44.6 Å². The van der Waals surface area contributed by atoms with Crippen molar-refractivity contribution in [2.24, 2.45) is 0 Å². The molecule has 0 radical (unpaired) electrons. The summed E-state index contributed by atoms with van der Waals surface area (Å²) in [6.45, 7) is 0. The van der Waals surface area contributed by atoms with Crippen LogP contribution >= 0.6 is 11.6 Å². The Kier molecular flexibility index (Phi) is 5.02. The summed E-state index contributed by atoms with van der Waals surface area (Å²) in [5.41, 5.74) is 0.425. The van der Waals surface area contributed by atoms with Gasteiger partial charge < -0.3 is 10.6 Å². The molecule has 1 fully saturated rings. The summed E-state index contributed by atoms with van der Waals surface area (Å²) in [5, 5.41) is 5.81. The zero-order valence-corrected chi connectivity index (χ0v) is 11.5. The van der Waals surface area contributed by atoms with Crippen molar-refractivity contribution in [1.29, 1.82) is 0 Å². The third-order valence-electron chi connectivity index (χ3n) is 3.37. The first kappa shape index (κ1) is 14.1. The molecule has 2 N–H and O–H groups in total. The van der Waals surface area contributed by atoms with Crippen molar-refractivity contribution in [1.82, 2.24) is 5.32 Å². The monoisotopic (exact) mass is 284 g/mol. The number of carbonyl (C=O) groups is 1. The number of carbonyl (C=O) groups excluding carboxylic acids is 1. The molecule has 19 heavy (non-hydrogen) atoms. The zero-order valence-electron chi connectivity index (χ0n) is 10.7. The maximum atomic E-state index is 12.9. The van der Waals surface area contributed by atoms with Gasteiger partial charge in [-0.15, -0.1) is 0 Å². The molecule has 1 saturated carbocycles. The van der Waals surface area contributed by atoms with Crippen LogP contribution in [0.15, 0.2) is 18.2 Å². The summed E-state index contributed by atoms with van der Waals surface area (Å²) in [7, 11) is 0. The van der Waals surface area contributed by atoms with Crippen molar-refractivity contribution in [2.75, 3.05) is 5.32 Å². The number of rotatable bonds is 2. The van der Waals surface area contributed by atoms with Gasteiger partial charge in [-0.05, 0) is 31.0 Å². The lowest BCUT2D eigenvalue weighted by atomic mass is 10.1. The number of halogens is 2. The summed E-state index contributed by atoms with van der Waals surface area (Å²) in [6.07, 6.45) is 6.83. The van der Waals surface area contributed by atoms with Gasteiger partial charge in [0.2, 0.25) is 0 Å². The van der Waals surface area contributed by atoms with E-state index in [1.807, 2.05) is 0 Å². The van der Waals surface area contributed by atoms with E-state index < -0.39 is 5.82 Å². The van der Waals surface area contributed by atoms with E-state index in [-0.39, 0.29) is 17.1 Å². The minimum Gasteiger partial charge on any atom is -0.335 e. The molecule has 1 aromatic carbocycles. The SMILES string of the molecule is O=C(Nc1ccc(F)cc1Cl)NC1CCCCCC1. The fourth-order valence-electron chi connectivity index (χ4n) is 2.36. The Balaban J connectivity index is 1.89. The number of benzene rings is 1. The fraction of sp³-hybridized carbons (Fsp3) is 0.500. The van der Waals surface area contributed by atoms with Crippen LogP contribution < -0.4 is 10.6 Å². The number of amides is 2. The predicted molar refractivity (Wildman–Crippen MR) is 75.1 cm³/mol. The van der Waals surface area contributed by atoms with E-state index in [0.717, 1.165) is 25.7 Å². The molecule has 2 amide bonds. The van der Waals surface area contributed by atoms with Crippen LogP contribution in [-0.2, 0) is 0 Å². The first-order valence-electron chi connectivity index (χ1n) is 6.68. The van der Waals surface area contributed by atoms with Gasteiger partial charge in [0.15, 0.2) is 0 Å². The first-order chi connectivity index (χ1) is 9.15. The second kappa shape index (κ2) is 6.75. The van der Waals surface area contributed by atoms with Crippen LogP contribution in [-0.4, -0.2) is 12.1 Å². The molecule has 0 atom stereocenters. The lowest BCUT2D eigenvalue weighted by Crippen LogP contribution is -2.37. The number of nitrogens with one attached hydrogen (secondary N) is 2. The summed E-state index contributed by atoms with van der Waals surface area (Å²) in [4.78, 5) is 11.9. The third-order valence-corrected chi connectivity index (χ3v) is 3.68. The highest BCUT2D eigenvalue weighted by Gasteiger charge is 2.15. The highest BCUT2D eigenvalue weighted by molar-refractivity contribution is 6.33. The molecule has 0 aliphatic heterocycles. The van der Waals surface area contributed by atoms with Crippen molar-refractivity contribution >= 4 is 23.3 Å². The van der Waals surface area contributed by atoms with Crippen LogP contribution in [0.5, 0.6) is 0 Å². The normalized spacial score (nSPS) is 16.7. The van der Waals surface area contributed by atoms with E-state index in [4.69, 9.17) is 11.6 Å². The molecule has 0 bridgehead atoms. The van der Waals surface area contributed by atoms with E-state index in [1.165, 1.54) is 31.0 Å². The van der Waals surface area contributed by atoms with Gasteiger partial charge in [0.25, 0.3) is 0 Å². The summed E-state index contributed by atoms with van der Waals surface area (Å²) >= 11 is 5.86. The maximum Gasteiger partial charge on any atom is 0.319 e. The Hall–Kier alpha value is -1.29. The van der Waals surface area contributed by atoms with Crippen LogP contribution in [0.2, 0.25) is 5.02 Å². The molecule has 0 aromatic heterocycles. The topological polar surface area (TPSA) is 41.1 Å². The standard InChI is InChI=1S/C14H18ClFN2O/c15-12-9-10(16)7-8-13(12)18-14(19)17-11-5-3-1-2-4-6-11/h7-9,11H,1-6H2,(H2,17,18,19). The molecule has 3 nitrogen and oxygen atoms in total. The predicted octanol–water partition coefficient (Wildman–Crippen LogP) is 4.32. The minimum absolute atomic E-state index is 0.205. The average Bonchev–Trinajstić information content (AvgIpc) is 2.61. The number of hydrogen-bond donors (Lipinski definition) is 2. The maximum absolute atomic E-state index is 12.9. The Morgan fingerprint density at radius 2 is 1.89 bits per heavy atom. The smallest absolute Gasteiger partial charge is 0.319 e. The highest BCUT2D eigenvalue weighted by atomic mass is 35.5. The fourth-order valence-corrected chi connectivity index (χ4v) is 2.57. The van der Waals surface area contributed by atoms with E-state index in [0.29, 0.717) is 5.69 Å². The van der Waals surface area contributed by atoms with Gasteiger partial charge in [-0.2, -0.15) is 0 Å². The Morgan fingerprint density at radius 1 is 1.21 bits per heavy atom. The van der Waals surface area contributed by atoms with Gasteiger partial charge in [-0.25, -0.2) is 9.18 Å². The Morgan fingerprint density at radius 3 is 2.53 bits per heavy atom. The van der Waals surface area contributed by atoms with Gasteiger partial charge in [-0.1, -0.05) is 37.3 Å². The van der Waals surface area contributed by atoms with Crippen LogP contribution in [0.4, 0.5) is 14.9 Å². The average molecular weight is 285 g/mol. The van der Waals surface area contributed by atoms with Gasteiger partial charge in [0, 0.05) is 6.04 Å². The first-order valence-corrected chi connectivity index (χ1v) is 7.05. The second-order valence-electron chi connectivity index (χ2n) is 4.91.